The monoisotopic (exact) mass is 205 g/mol. The molecule has 0 spiro atoms. The van der Waals surface area contributed by atoms with Crippen molar-refractivity contribution in [3.8, 4) is 0 Å². The zero-order valence-corrected chi connectivity index (χ0v) is 9.43. The van der Waals surface area contributed by atoms with Gasteiger partial charge >= 0.3 is 0 Å². The van der Waals surface area contributed by atoms with E-state index in [4.69, 9.17) is 0 Å². The van der Waals surface area contributed by atoms with Gasteiger partial charge in [0.05, 0.1) is 6.10 Å². The first-order valence-corrected chi connectivity index (χ1v) is 5.63. The van der Waals surface area contributed by atoms with Gasteiger partial charge in [0.1, 0.15) is 0 Å². The summed E-state index contributed by atoms with van der Waals surface area (Å²) in [7, 11) is 2.14. The highest BCUT2D eigenvalue weighted by molar-refractivity contribution is 5.20. The van der Waals surface area contributed by atoms with E-state index >= 15 is 0 Å². The molecule has 1 N–H and O–H groups in total. The van der Waals surface area contributed by atoms with Gasteiger partial charge in [0.15, 0.2) is 0 Å². The standard InChI is InChI=1S/C13H19NO/c1-10-12(15)8-9-14(2)13(10)11-6-4-3-5-7-11/h3-7,10,12-13,15H,8-9H2,1-2H3/t10-,12+,13-/m1/s1. The highest BCUT2D eigenvalue weighted by Crippen LogP contribution is 2.34. The van der Waals surface area contributed by atoms with E-state index in [0.717, 1.165) is 13.0 Å². The fraction of sp³-hybridized carbons (Fsp3) is 0.538. The smallest absolute Gasteiger partial charge is 0.0596 e. The van der Waals surface area contributed by atoms with Crippen molar-refractivity contribution in [3.63, 3.8) is 0 Å². The number of nitrogens with zero attached hydrogens (tertiary/aromatic N) is 1. The Hall–Kier alpha value is -0.860. The summed E-state index contributed by atoms with van der Waals surface area (Å²) in [5, 5.41) is 9.90. The van der Waals surface area contributed by atoms with Gasteiger partial charge in [0, 0.05) is 18.5 Å². The van der Waals surface area contributed by atoms with E-state index < -0.39 is 0 Å². The predicted molar refractivity (Wildman–Crippen MR) is 61.6 cm³/mol. The highest BCUT2D eigenvalue weighted by Gasteiger charge is 2.32. The first-order chi connectivity index (χ1) is 7.20. The van der Waals surface area contributed by atoms with Gasteiger partial charge in [-0.05, 0) is 19.0 Å². The Kier molecular flexibility index (Phi) is 3.08. The molecule has 0 amide bonds. The number of hydrogen-bond donors (Lipinski definition) is 1. The van der Waals surface area contributed by atoms with Crippen LogP contribution in [0.1, 0.15) is 24.9 Å². The van der Waals surface area contributed by atoms with Crippen molar-refractivity contribution in [2.24, 2.45) is 5.92 Å². The van der Waals surface area contributed by atoms with Gasteiger partial charge in [-0.15, -0.1) is 0 Å². The maximum absolute atomic E-state index is 9.90. The van der Waals surface area contributed by atoms with E-state index in [1.54, 1.807) is 0 Å². The lowest BCUT2D eigenvalue weighted by molar-refractivity contribution is 0.00224. The van der Waals surface area contributed by atoms with E-state index in [1.165, 1.54) is 5.56 Å². The van der Waals surface area contributed by atoms with E-state index in [9.17, 15) is 5.11 Å². The molecule has 0 aromatic heterocycles. The van der Waals surface area contributed by atoms with Gasteiger partial charge in [-0.1, -0.05) is 37.3 Å². The van der Waals surface area contributed by atoms with Crippen molar-refractivity contribution in [1.29, 1.82) is 0 Å². The molecule has 82 valence electrons. The summed E-state index contributed by atoms with van der Waals surface area (Å²) in [6.07, 6.45) is 0.729. The third-order valence-electron chi connectivity index (χ3n) is 3.50. The Morgan fingerprint density at radius 2 is 1.93 bits per heavy atom. The van der Waals surface area contributed by atoms with Gasteiger partial charge in [0.2, 0.25) is 0 Å². The molecule has 0 unspecified atom stereocenters. The minimum Gasteiger partial charge on any atom is -0.393 e. The van der Waals surface area contributed by atoms with Crippen LogP contribution in [0, 0.1) is 5.92 Å². The number of rotatable bonds is 1. The number of benzene rings is 1. The molecule has 1 aliphatic heterocycles. The van der Waals surface area contributed by atoms with Crippen LogP contribution in [0.4, 0.5) is 0 Å². The summed E-state index contributed by atoms with van der Waals surface area (Å²) in [5.74, 6) is 0.311. The molecule has 2 heteroatoms. The number of hydrogen-bond acceptors (Lipinski definition) is 2. The fourth-order valence-electron chi connectivity index (χ4n) is 2.56. The average molecular weight is 205 g/mol. The summed E-state index contributed by atoms with van der Waals surface area (Å²) >= 11 is 0. The molecule has 0 aliphatic carbocycles. The molecule has 1 aliphatic rings. The topological polar surface area (TPSA) is 23.5 Å². The normalized spacial score (nSPS) is 32.9. The van der Waals surface area contributed by atoms with Gasteiger partial charge < -0.3 is 5.11 Å². The molecule has 3 atom stereocenters. The van der Waals surface area contributed by atoms with Crippen LogP contribution in [-0.2, 0) is 0 Å². The molecule has 2 nitrogen and oxygen atoms in total. The van der Waals surface area contributed by atoms with E-state index in [2.05, 4.69) is 43.1 Å². The SMILES string of the molecule is C[C@@H]1[C@@H](O)CCN(C)[C@H]1c1ccccc1. The van der Waals surface area contributed by atoms with Crippen molar-refractivity contribution in [3.05, 3.63) is 35.9 Å². The van der Waals surface area contributed by atoms with E-state index in [-0.39, 0.29) is 6.10 Å². The van der Waals surface area contributed by atoms with E-state index in [1.807, 2.05) is 6.07 Å². The second-order valence-electron chi connectivity index (χ2n) is 4.55. The van der Waals surface area contributed by atoms with Crippen molar-refractivity contribution in [1.82, 2.24) is 4.90 Å². The van der Waals surface area contributed by atoms with Crippen LogP contribution in [0.15, 0.2) is 30.3 Å². The summed E-state index contributed by atoms with van der Waals surface area (Å²) in [6, 6.07) is 10.8. The molecule has 1 aromatic rings. The van der Waals surface area contributed by atoms with Crippen LogP contribution in [0.3, 0.4) is 0 Å². The van der Waals surface area contributed by atoms with Crippen molar-refractivity contribution >= 4 is 0 Å². The van der Waals surface area contributed by atoms with Gasteiger partial charge in [-0.2, -0.15) is 0 Å². The van der Waals surface area contributed by atoms with Gasteiger partial charge in [-0.25, -0.2) is 0 Å². The first kappa shape index (κ1) is 10.7. The van der Waals surface area contributed by atoms with Crippen LogP contribution in [0.25, 0.3) is 0 Å². The van der Waals surface area contributed by atoms with Crippen LogP contribution < -0.4 is 0 Å². The largest absolute Gasteiger partial charge is 0.393 e. The summed E-state index contributed by atoms with van der Waals surface area (Å²) in [5.41, 5.74) is 1.31. The van der Waals surface area contributed by atoms with Crippen molar-refractivity contribution in [2.75, 3.05) is 13.6 Å². The van der Waals surface area contributed by atoms with Crippen molar-refractivity contribution < 1.29 is 5.11 Å². The zero-order valence-electron chi connectivity index (χ0n) is 9.43. The summed E-state index contributed by atoms with van der Waals surface area (Å²) in [4.78, 5) is 2.34. The molecular formula is C13H19NO. The second-order valence-corrected chi connectivity index (χ2v) is 4.55. The van der Waals surface area contributed by atoms with Gasteiger partial charge in [-0.3, -0.25) is 4.90 Å². The Morgan fingerprint density at radius 3 is 2.60 bits per heavy atom. The Balaban J connectivity index is 2.25. The number of likely N-dealkylation sites (tertiary alicyclic amines) is 1. The molecule has 0 radical (unpaired) electrons. The molecule has 0 bridgehead atoms. The second kappa shape index (κ2) is 4.33. The fourth-order valence-corrected chi connectivity index (χ4v) is 2.56. The maximum atomic E-state index is 9.90. The quantitative estimate of drug-likeness (QED) is 0.758. The number of aliphatic hydroxyl groups excluding tert-OH is 1. The Labute approximate surface area is 91.5 Å². The molecule has 1 fully saturated rings. The lowest BCUT2D eigenvalue weighted by atomic mass is 9.84. The van der Waals surface area contributed by atoms with Crippen LogP contribution in [0.2, 0.25) is 0 Å². The zero-order chi connectivity index (χ0) is 10.8. The van der Waals surface area contributed by atoms with Crippen molar-refractivity contribution in [2.45, 2.75) is 25.5 Å². The predicted octanol–water partition coefficient (Wildman–Crippen LogP) is 2.06. The average Bonchev–Trinajstić information content (AvgIpc) is 2.26. The first-order valence-electron chi connectivity index (χ1n) is 5.63. The molecule has 1 saturated heterocycles. The van der Waals surface area contributed by atoms with Crippen LogP contribution in [-0.4, -0.2) is 29.7 Å². The number of piperidine rings is 1. The minimum absolute atomic E-state index is 0.161. The molecule has 1 aromatic carbocycles. The van der Waals surface area contributed by atoms with Gasteiger partial charge in [0.25, 0.3) is 0 Å². The van der Waals surface area contributed by atoms with E-state index in [0.29, 0.717) is 12.0 Å². The summed E-state index contributed by atoms with van der Waals surface area (Å²) in [6.45, 7) is 3.11. The third-order valence-corrected chi connectivity index (χ3v) is 3.50. The maximum Gasteiger partial charge on any atom is 0.0596 e. The Bertz CT molecular complexity index is 312. The Morgan fingerprint density at radius 1 is 1.27 bits per heavy atom. The molecule has 1 heterocycles. The molecular weight excluding hydrogens is 186 g/mol. The lowest BCUT2D eigenvalue weighted by Gasteiger charge is -2.40. The van der Waals surface area contributed by atoms with Crippen LogP contribution >= 0.6 is 0 Å². The molecule has 2 rings (SSSR count). The highest BCUT2D eigenvalue weighted by atomic mass is 16.3. The minimum atomic E-state index is -0.161. The molecule has 0 saturated carbocycles. The lowest BCUT2D eigenvalue weighted by Crippen LogP contribution is -2.42. The summed E-state index contributed by atoms with van der Waals surface area (Å²) < 4.78 is 0. The number of aliphatic hydroxyl groups is 1. The molecule has 15 heavy (non-hydrogen) atoms. The third kappa shape index (κ3) is 2.06. The van der Waals surface area contributed by atoms with Crippen LogP contribution in [0.5, 0.6) is 0 Å².